The van der Waals surface area contributed by atoms with Gasteiger partial charge in [0.15, 0.2) is 5.78 Å². The quantitative estimate of drug-likeness (QED) is 0.747. The smallest absolute Gasteiger partial charge is 0.220 e. The number of thiophene rings is 2. The highest BCUT2D eigenvalue weighted by Gasteiger charge is 2.16. The van der Waals surface area contributed by atoms with E-state index in [1.807, 2.05) is 39.0 Å². The minimum Gasteiger partial charge on any atom is -0.349 e. The van der Waals surface area contributed by atoms with Crippen LogP contribution in [0.3, 0.4) is 0 Å². The van der Waals surface area contributed by atoms with E-state index in [9.17, 15) is 9.59 Å². The second kappa shape index (κ2) is 7.40. The monoisotopic (exact) mass is 355 g/mol. The first-order chi connectivity index (χ1) is 10.4. The fraction of sp³-hybridized carbons (Fsp3) is 0.375. The lowest BCUT2D eigenvalue weighted by atomic mass is 10.1. The number of ketones is 1. The first-order valence-electron chi connectivity index (χ1n) is 7.01. The molecule has 0 spiro atoms. The molecule has 22 heavy (non-hydrogen) atoms. The van der Waals surface area contributed by atoms with Crippen molar-refractivity contribution in [1.82, 2.24) is 5.32 Å². The van der Waals surface area contributed by atoms with Crippen molar-refractivity contribution in [1.29, 1.82) is 0 Å². The maximum absolute atomic E-state index is 12.2. The number of rotatable bonds is 6. The molecule has 118 valence electrons. The number of hydrogen-bond donors (Lipinski definition) is 1. The van der Waals surface area contributed by atoms with Crippen LogP contribution in [0.5, 0.6) is 0 Å². The van der Waals surface area contributed by atoms with E-state index >= 15 is 0 Å². The first-order valence-corrected chi connectivity index (χ1v) is 9.02. The number of carbonyl (C=O) groups is 2. The molecule has 2 aromatic heterocycles. The summed E-state index contributed by atoms with van der Waals surface area (Å²) in [4.78, 5) is 27.3. The molecule has 3 nitrogen and oxygen atoms in total. The van der Waals surface area contributed by atoms with Gasteiger partial charge in [0.1, 0.15) is 0 Å². The van der Waals surface area contributed by atoms with E-state index in [2.05, 4.69) is 5.32 Å². The van der Waals surface area contributed by atoms with Crippen LogP contribution in [0.15, 0.2) is 18.2 Å². The normalized spacial score (nSPS) is 12.2. The molecular formula is C16H18ClNO2S2. The maximum Gasteiger partial charge on any atom is 0.220 e. The molecule has 1 unspecified atom stereocenters. The minimum atomic E-state index is -0.116. The van der Waals surface area contributed by atoms with Crippen LogP contribution in [0.4, 0.5) is 0 Å². The molecule has 0 aliphatic carbocycles. The summed E-state index contributed by atoms with van der Waals surface area (Å²) in [6.07, 6.45) is 0.442. The molecule has 0 radical (unpaired) electrons. The molecule has 0 aliphatic heterocycles. The topological polar surface area (TPSA) is 46.2 Å². The Bertz CT molecular complexity index is 690. The number of carbonyl (C=O) groups excluding carboxylic acids is 2. The summed E-state index contributed by atoms with van der Waals surface area (Å²) in [5, 5.41) is 2.90. The number of amides is 1. The molecule has 0 aliphatic rings. The van der Waals surface area contributed by atoms with Gasteiger partial charge in [0.25, 0.3) is 0 Å². The summed E-state index contributed by atoms with van der Waals surface area (Å²) in [6.45, 7) is 5.83. The van der Waals surface area contributed by atoms with Crippen LogP contribution in [0.1, 0.15) is 50.8 Å². The fourth-order valence-electron chi connectivity index (χ4n) is 2.22. The zero-order valence-corrected chi connectivity index (χ0v) is 15.1. The van der Waals surface area contributed by atoms with Crippen LogP contribution in [-0.4, -0.2) is 11.7 Å². The number of aryl methyl sites for hydroxylation is 2. The third kappa shape index (κ3) is 4.41. The lowest BCUT2D eigenvalue weighted by Crippen LogP contribution is -2.26. The van der Waals surface area contributed by atoms with E-state index in [1.54, 1.807) is 11.3 Å². The molecule has 0 saturated carbocycles. The number of halogens is 1. The van der Waals surface area contributed by atoms with Crippen molar-refractivity contribution in [2.75, 3.05) is 0 Å². The van der Waals surface area contributed by atoms with Gasteiger partial charge in [-0.05, 0) is 39.0 Å². The van der Waals surface area contributed by atoms with Crippen molar-refractivity contribution in [3.63, 3.8) is 0 Å². The molecule has 0 aromatic carbocycles. The van der Waals surface area contributed by atoms with Gasteiger partial charge in [-0.1, -0.05) is 11.6 Å². The van der Waals surface area contributed by atoms with Crippen molar-refractivity contribution >= 4 is 46.0 Å². The highest BCUT2D eigenvalue weighted by Crippen LogP contribution is 2.27. The summed E-state index contributed by atoms with van der Waals surface area (Å²) in [7, 11) is 0. The Morgan fingerprint density at radius 1 is 1.23 bits per heavy atom. The third-order valence-corrected chi connectivity index (χ3v) is 5.70. The van der Waals surface area contributed by atoms with Crippen molar-refractivity contribution < 1.29 is 9.59 Å². The van der Waals surface area contributed by atoms with Gasteiger partial charge in [-0.25, -0.2) is 0 Å². The van der Waals surface area contributed by atoms with Crippen LogP contribution in [0.25, 0.3) is 0 Å². The Kier molecular flexibility index (Phi) is 5.78. The van der Waals surface area contributed by atoms with E-state index in [0.717, 1.165) is 20.2 Å². The van der Waals surface area contributed by atoms with E-state index in [4.69, 9.17) is 11.6 Å². The van der Waals surface area contributed by atoms with E-state index < -0.39 is 0 Å². The van der Waals surface area contributed by atoms with E-state index in [1.165, 1.54) is 11.3 Å². The van der Waals surface area contributed by atoms with Gasteiger partial charge in [0.2, 0.25) is 5.91 Å². The van der Waals surface area contributed by atoms with E-state index in [-0.39, 0.29) is 30.6 Å². The largest absolute Gasteiger partial charge is 0.349 e. The van der Waals surface area contributed by atoms with Crippen molar-refractivity contribution in [3.8, 4) is 0 Å². The van der Waals surface area contributed by atoms with Gasteiger partial charge in [-0.15, -0.1) is 22.7 Å². The zero-order valence-electron chi connectivity index (χ0n) is 12.7. The zero-order chi connectivity index (χ0) is 16.3. The van der Waals surface area contributed by atoms with Gasteiger partial charge in [0, 0.05) is 33.0 Å². The van der Waals surface area contributed by atoms with Gasteiger partial charge in [-0.2, -0.15) is 0 Å². The molecule has 1 N–H and O–H groups in total. The molecule has 2 aromatic rings. The number of Topliss-reactive ketones (excluding diaryl/α,β-unsaturated/α-hetero) is 1. The van der Waals surface area contributed by atoms with Crippen LogP contribution in [-0.2, 0) is 4.79 Å². The SMILES string of the molecule is Cc1cc(C(=O)CCC(=O)NC(C)c2ccc(Cl)s2)c(C)s1. The molecule has 6 heteroatoms. The van der Waals surface area contributed by atoms with Crippen molar-refractivity contribution in [2.45, 2.75) is 39.7 Å². The van der Waals surface area contributed by atoms with Crippen LogP contribution >= 0.6 is 34.3 Å². The molecule has 0 bridgehead atoms. The lowest BCUT2D eigenvalue weighted by Gasteiger charge is -2.11. The minimum absolute atomic E-state index is 0.0313. The Labute approximate surface area is 143 Å². The summed E-state index contributed by atoms with van der Waals surface area (Å²) >= 11 is 8.95. The van der Waals surface area contributed by atoms with Gasteiger partial charge in [-0.3, -0.25) is 9.59 Å². The molecule has 1 amide bonds. The highest BCUT2D eigenvalue weighted by molar-refractivity contribution is 7.16. The molecule has 0 saturated heterocycles. The lowest BCUT2D eigenvalue weighted by molar-refractivity contribution is -0.121. The Morgan fingerprint density at radius 3 is 2.50 bits per heavy atom. The summed E-state index contributed by atoms with van der Waals surface area (Å²) < 4.78 is 0.703. The van der Waals surface area contributed by atoms with Gasteiger partial charge >= 0.3 is 0 Å². The van der Waals surface area contributed by atoms with Crippen molar-refractivity contribution in [2.24, 2.45) is 0 Å². The molecule has 1 atom stereocenters. The predicted octanol–water partition coefficient (Wildman–Crippen LogP) is 4.92. The molecule has 2 heterocycles. The van der Waals surface area contributed by atoms with Crippen LogP contribution < -0.4 is 5.32 Å². The Morgan fingerprint density at radius 2 is 1.95 bits per heavy atom. The average molecular weight is 356 g/mol. The third-order valence-electron chi connectivity index (χ3n) is 3.32. The van der Waals surface area contributed by atoms with Gasteiger partial charge < -0.3 is 5.32 Å². The van der Waals surface area contributed by atoms with Gasteiger partial charge in [0.05, 0.1) is 10.4 Å². The average Bonchev–Trinajstić information content (AvgIpc) is 3.02. The van der Waals surface area contributed by atoms with E-state index in [0.29, 0.717) is 4.34 Å². The van der Waals surface area contributed by atoms with Crippen LogP contribution in [0, 0.1) is 13.8 Å². The second-order valence-corrected chi connectivity index (χ2v) is 8.39. The predicted molar refractivity (Wildman–Crippen MR) is 93.2 cm³/mol. The number of nitrogens with one attached hydrogen (secondary N) is 1. The van der Waals surface area contributed by atoms with Crippen LogP contribution in [0.2, 0.25) is 4.34 Å². The Balaban J connectivity index is 1.85. The van der Waals surface area contributed by atoms with Crippen molar-refractivity contribution in [3.05, 3.63) is 42.7 Å². The molecule has 0 fully saturated rings. The summed E-state index contributed by atoms with van der Waals surface area (Å²) in [6, 6.07) is 5.53. The first kappa shape index (κ1) is 17.2. The fourth-order valence-corrected chi connectivity index (χ4v) is 4.22. The highest BCUT2D eigenvalue weighted by atomic mass is 35.5. The molecular weight excluding hydrogens is 338 g/mol. The Hall–Kier alpha value is -1.17. The maximum atomic E-state index is 12.2. The standard InChI is InChI=1S/C16H18ClNO2S2/c1-9-8-12(11(3)21-9)13(19)4-7-16(20)18-10(2)14-5-6-15(17)22-14/h5-6,8,10H,4,7H2,1-3H3,(H,18,20). The number of hydrogen-bond acceptors (Lipinski definition) is 4. The second-order valence-electron chi connectivity index (χ2n) is 5.18. The summed E-state index contributed by atoms with van der Waals surface area (Å²) in [5.74, 6) is -0.0844. The summed E-state index contributed by atoms with van der Waals surface area (Å²) in [5.41, 5.74) is 0.744. The molecule has 2 rings (SSSR count).